The fraction of sp³-hybridized carbons (Fsp3) is 0.188. The minimum Gasteiger partial charge on any atom is -0.489 e. The van der Waals surface area contributed by atoms with Crippen LogP contribution < -0.4 is 4.74 Å². The van der Waals surface area contributed by atoms with Gasteiger partial charge in [-0.2, -0.15) is 5.26 Å². The van der Waals surface area contributed by atoms with Gasteiger partial charge in [0.25, 0.3) is 0 Å². The first kappa shape index (κ1) is 12.2. The Bertz CT molecular complexity index is 511. The quantitative estimate of drug-likeness (QED) is 0.794. The second-order valence-electron chi connectivity index (χ2n) is 4.08. The van der Waals surface area contributed by atoms with E-state index < -0.39 is 0 Å². The molecule has 0 atom stereocenters. The molecular formula is C16H15NO. The smallest absolute Gasteiger partial charge is 0.119 e. The van der Waals surface area contributed by atoms with Crippen molar-refractivity contribution < 1.29 is 4.74 Å². The summed E-state index contributed by atoms with van der Waals surface area (Å²) in [5, 5.41) is 8.52. The SMILES string of the molecule is N#CCCc1ccc(OCc2ccccc2)cc1. The lowest BCUT2D eigenvalue weighted by molar-refractivity contribution is 0.306. The van der Waals surface area contributed by atoms with Gasteiger partial charge in [-0.3, -0.25) is 0 Å². The Hall–Kier alpha value is -2.27. The second kappa shape index (κ2) is 6.46. The number of nitriles is 1. The fourth-order valence-corrected chi connectivity index (χ4v) is 1.69. The maximum atomic E-state index is 8.52. The molecule has 2 rings (SSSR count). The number of ether oxygens (including phenoxy) is 1. The van der Waals surface area contributed by atoms with Gasteiger partial charge in [-0.1, -0.05) is 42.5 Å². The molecule has 2 heteroatoms. The number of nitrogens with zero attached hydrogens (tertiary/aromatic N) is 1. The summed E-state index contributed by atoms with van der Waals surface area (Å²) in [6.07, 6.45) is 1.36. The van der Waals surface area contributed by atoms with Crippen LogP contribution in [0.2, 0.25) is 0 Å². The van der Waals surface area contributed by atoms with Crippen molar-refractivity contribution in [1.29, 1.82) is 5.26 Å². The van der Waals surface area contributed by atoms with E-state index in [4.69, 9.17) is 10.00 Å². The van der Waals surface area contributed by atoms with Gasteiger partial charge in [0.2, 0.25) is 0 Å². The van der Waals surface area contributed by atoms with Crippen LogP contribution >= 0.6 is 0 Å². The van der Waals surface area contributed by atoms with Crippen molar-refractivity contribution in [2.24, 2.45) is 0 Å². The van der Waals surface area contributed by atoms with E-state index in [0.29, 0.717) is 13.0 Å². The van der Waals surface area contributed by atoms with Crippen LogP contribution in [-0.4, -0.2) is 0 Å². The molecule has 0 aliphatic heterocycles. The zero-order chi connectivity index (χ0) is 12.6. The van der Waals surface area contributed by atoms with Crippen LogP contribution in [0, 0.1) is 11.3 Å². The lowest BCUT2D eigenvalue weighted by Crippen LogP contribution is -1.95. The van der Waals surface area contributed by atoms with Gasteiger partial charge in [0, 0.05) is 6.42 Å². The molecule has 2 aromatic rings. The van der Waals surface area contributed by atoms with Crippen LogP contribution in [0.4, 0.5) is 0 Å². The van der Waals surface area contributed by atoms with Crippen molar-refractivity contribution in [3.63, 3.8) is 0 Å². The third-order valence-corrected chi connectivity index (χ3v) is 2.70. The van der Waals surface area contributed by atoms with Crippen LogP contribution in [0.3, 0.4) is 0 Å². The van der Waals surface area contributed by atoms with Crippen LogP contribution in [0.25, 0.3) is 0 Å². The number of benzene rings is 2. The molecule has 18 heavy (non-hydrogen) atoms. The topological polar surface area (TPSA) is 33.0 Å². The lowest BCUT2D eigenvalue weighted by Gasteiger charge is -2.06. The van der Waals surface area contributed by atoms with Gasteiger partial charge in [0.15, 0.2) is 0 Å². The Morgan fingerprint density at radius 3 is 2.28 bits per heavy atom. The lowest BCUT2D eigenvalue weighted by atomic mass is 10.1. The Balaban J connectivity index is 1.89. The van der Waals surface area contributed by atoms with Gasteiger partial charge in [0.1, 0.15) is 12.4 Å². The van der Waals surface area contributed by atoms with Crippen LogP contribution in [0.15, 0.2) is 54.6 Å². The number of hydrogen-bond donors (Lipinski definition) is 0. The van der Waals surface area contributed by atoms with Gasteiger partial charge in [-0.15, -0.1) is 0 Å². The summed E-state index contributed by atoms with van der Waals surface area (Å²) in [7, 11) is 0. The highest BCUT2D eigenvalue weighted by molar-refractivity contribution is 5.28. The van der Waals surface area contributed by atoms with Crippen LogP contribution in [0.1, 0.15) is 17.5 Å². The van der Waals surface area contributed by atoms with Crippen LogP contribution in [-0.2, 0) is 13.0 Å². The Morgan fingerprint density at radius 1 is 0.889 bits per heavy atom. The van der Waals surface area contributed by atoms with E-state index in [2.05, 4.69) is 6.07 Å². The molecule has 90 valence electrons. The Kier molecular flexibility index (Phi) is 4.38. The van der Waals surface area contributed by atoms with E-state index in [-0.39, 0.29) is 0 Å². The molecule has 0 spiro atoms. The molecule has 0 aromatic heterocycles. The van der Waals surface area contributed by atoms with Crippen LogP contribution in [0.5, 0.6) is 5.75 Å². The van der Waals surface area contributed by atoms with E-state index in [1.54, 1.807) is 0 Å². The third-order valence-electron chi connectivity index (χ3n) is 2.70. The highest BCUT2D eigenvalue weighted by Crippen LogP contribution is 2.15. The minimum absolute atomic E-state index is 0.560. The summed E-state index contributed by atoms with van der Waals surface area (Å²) in [6.45, 7) is 0.582. The number of rotatable bonds is 5. The van der Waals surface area contributed by atoms with Crippen molar-refractivity contribution in [3.05, 3.63) is 65.7 Å². The molecule has 0 saturated heterocycles. The molecule has 2 nitrogen and oxygen atoms in total. The summed E-state index contributed by atoms with van der Waals surface area (Å²) >= 11 is 0. The zero-order valence-electron chi connectivity index (χ0n) is 10.2. The van der Waals surface area contributed by atoms with E-state index in [1.807, 2.05) is 54.6 Å². The standard InChI is InChI=1S/C16H15NO/c17-12-4-7-14-8-10-16(11-9-14)18-13-15-5-2-1-3-6-15/h1-3,5-6,8-11H,4,7,13H2. The maximum absolute atomic E-state index is 8.52. The van der Waals surface area contributed by atoms with Gasteiger partial charge in [-0.05, 0) is 29.7 Å². The molecule has 0 amide bonds. The summed E-state index contributed by atoms with van der Waals surface area (Å²) in [5.41, 5.74) is 2.33. The first-order chi connectivity index (χ1) is 8.88. The zero-order valence-corrected chi connectivity index (χ0v) is 10.2. The molecule has 0 unspecified atom stereocenters. The first-order valence-corrected chi connectivity index (χ1v) is 6.01. The molecule has 0 radical (unpaired) electrons. The molecule has 0 N–H and O–H groups in total. The predicted octanol–water partition coefficient (Wildman–Crippen LogP) is 3.72. The molecule has 0 saturated carbocycles. The van der Waals surface area contributed by atoms with Gasteiger partial charge < -0.3 is 4.74 Å². The summed E-state index contributed by atoms with van der Waals surface area (Å²) in [4.78, 5) is 0. The molecule has 0 heterocycles. The Morgan fingerprint density at radius 2 is 1.61 bits per heavy atom. The molecule has 0 aliphatic rings. The predicted molar refractivity (Wildman–Crippen MR) is 71.2 cm³/mol. The van der Waals surface area contributed by atoms with Gasteiger partial charge in [-0.25, -0.2) is 0 Å². The highest BCUT2D eigenvalue weighted by Gasteiger charge is 1.97. The maximum Gasteiger partial charge on any atom is 0.119 e. The highest BCUT2D eigenvalue weighted by atomic mass is 16.5. The normalized spacial score (nSPS) is 9.72. The van der Waals surface area contributed by atoms with Gasteiger partial charge >= 0.3 is 0 Å². The van der Waals surface area contributed by atoms with E-state index in [0.717, 1.165) is 17.7 Å². The van der Waals surface area contributed by atoms with Crippen molar-refractivity contribution in [2.75, 3.05) is 0 Å². The molecule has 0 aliphatic carbocycles. The number of hydrogen-bond acceptors (Lipinski definition) is 2. The molecule has 2 aromatic carbocycles. The number of aryl methyl sites for hydroxylation is 1. The summed E-state index contributed by atoms with van der Waals surface area (Å²) in [6, 6.07) is 20.2. The second-order valence-corrected chi connectivity index (χ2v) is 4.08. The van der Waals surface area contributed by atoms with E-state index >= 15 is 0 Å². The third kappa shape index (κ3) is 3.64. The average Bonchev–Trinajstić information content (AvgIpc) is 2.45. The van der Waals surface area contributed by atoms with Crippen molar-refractivity contribution in [2.45, 2.75) is 19.4 Å². The van der Waals surface area contributed by atoms with E-state index in [9.17, 15) is 0 Å². The van der Waals surface area contributed by atoms with Crippen molar-refractivity contribution >= 4 is 0 Å². The van der Waals surface area contributed by atoms with Crippen molar-refractivity contribution in [1.82, 2.24) is 0 Å². The average molecular weight is 237 g/mol. The fourth-order valence-electron chi connectivity index (χ4n) is 1.69. The van der Waals surface area contributed by atoms with Crippen molar-refractivity contribution in [3.8, 4) is 11.8 Å². The Labute approximate surface area is 107 Å². The van der Waals surface area contributed by atoms with Gasteiger partial charge in [0.05, 0.1) is 6.07 Å². The molecular weight excluding hydrogens is 222 g/mol. The molecule has 0 bridgehead atoms. The summed E-state index contributed by atoms with van der Waals surface area (Å²) in [5.74, 6) is 0.861. The monoisotopic (exact) mass is 237 g/mol. The van der Waals surface area contributed by atoms with E-state index in [1.165, 1.54) is 5.56 Å². The summed E-state index contributed by atoms with van der Waals surface area (Å²) < 4.78 is 5.69. The largest absolute Gasteiger partial charge is 0.489 e. The first-order valence-electron chi connectivity index (χ1n) is 6.01. The molecule has 0 fully saturated rings. The minimum atomic E-state index is 0.560.